The van der Waals surface area contributed by atoms with E-state index in [4.69, 9.17) is 28.4 Å². The Bertz CT molecular complexity index is 492. The first-order valence-corrected chi connectivity index (χ1v) is 8.11. The minimum absolute atomic E-state index is 0.0369. The average Bonchev–Trinajstić information content (AvgIpc) is 2.52. The van der Waals surface area contributed by atoms with Gasteiger partial charge in [0.25, 0.3) is 0 Å². The Kier molecular flexibility index (Phi) is 12.8. The second-order valence-corrected chi connectivity index (χ2v) is 5.79. The van der Waals surface area contributed by atoms with Crippen molar-refractivity contribution >= 4 is 31.9 Å². The van der Waals surface area contributed by atoms with Gasteiger partial charge in [-0.05, 0) is 6.54 Å². The summed E-state index contributed by atoms with van der Waals surface area (Å²) in [5, 5.41) is 38.0. The Hall–Kier alpha value is -2.22. The summed E-state index contributed by atoms with van der Waals surface area (Å²) in [5.74, 6) is -4.52. The predicted octanol–water partition coefficient (Wildman–Crippen LogP) is -3.10. The lowest BCUT2D eigenvalue weighted by molar-refractivity contribution is -0.143. The predicted molar refractivity (Wildman–Crippen MR) is 93.6 cm³/mol. The van der Waals surface area contributed by atoms with Crippen LogP contribution in [0.15, 0.2) is 0 Å². The molecule has 12 nitrogen and oxygen atoms in total. The summed E-state index contributed by atoms with van der Waals surface area (Å²) < 4.78 is 0. The highest BCUT2D eigenvalue weighted by atomic mass is 16.4. The van der Waals surface area contributed by atoms with Crippen molar-refractivity contribution in [1.29, 1.82) is 0 Å². The van der Waals surface area contributed by atoms with Crippen LogP contribution in [0.3, 0.4) is 0 Å². The molecule has 0 bridgehead atoms. The van der Waals surface area contributed by atoms with E-state index < -0.39 is 37.0 Å². The first-order valence-electron chi connectivity index (χ1n) is 8.11. The zero-order chi connectivity index (χ0) is 20.8. The van der Waals surface area contributed by atoms with E-state index in [1.165, 1.54) is 9.80 Å². The monoisotopic (exact) mass is 388 g/mol. The third-order valence-electron chi connectivity index (χ3n) is 3.47. The molecule has 0 aliphatic carbocycles. The number of aliphatic carboxylic acids is 4. The maximum Gasteiger partial charge on any atom is 0.317 e. The lowest BCUT2D eigenvalue weighted by Crippen LogP contribution is -2.45. The third-order valence-corrected chi connectivity index (χ3v) is 3.47. The Morgan fingerprint density at radius 2 is 0.889 bits per heavy atom. The normalized spacial score (nSPS) is 11.2. The fourth-order valence-corrected chi connectivity index (χ4v) is 2.31. The molecule has 0 atom stereocenters. The summed E-state index contributed by atoms with van der Waals surface area (Å²) in [6.07, 6.45) is 0. The second-order valence-electron chi connectivity index (χ2n) is 5.79. The van der Waals surface area contributed by atoms with Crippen molar-refractivity contribution < 1.29 is 39.6 Å². The molecule has 0 fully saturated rings. The van der Waals surface area contributed by atoms with E-state index in [0.29, 0.717) is 13.1 Å². The number of carbonyl (C=O) groups is 4. The molecule has 0 aliphatic heterocycles. The summed E-state index contributed by atoms with van der Waals surface area (Å²) >= 11 is 0. The molecule has 0 aromatic heterocycles. The molecule has 0 aromatic rings. The van der Waals surface area contributed by atoms with Gasteiger partial charge < -0.3 is 25.7 Å². The van der Waals surface area contributed by atoms with Gasteiger partial charge in [-0.25, -0.2) is 0 Å². The van der Waals surface area contributed by atoms with Crippen LogP contribution in [0.2, 0.25) is 0 Å². The zero-order valence-corrected chi connectivity index (χ0v) is 14.9. The SMILES string of the molecule is [B]NCCN(CCN(CCN(CC(=O)O)CC(=O)O)CC(=O)O)CC(=O)O. The van der Waals surface area contributed by atoms with Gasteiger partial charge in [0, 0.05) is 32.7 Å². The molecule has 152 valence electrons. The van der Waals surface area contributed by atoms with Crippen molar-refractivity contribution in [2.24, 2.45) is 0 Å². The van der Waals surface area contributed by atoms with Gasteiger partial charge >= 0.3 is 23.9 Å². The minimum Gasteiger partial charge on any atom is -0.480 e. The maximum atomic E-state index is 11.0. The van der Waals surface area contributed by atoms with Gasteiger partial charge in [0.15, 0.2) is 7.98 Å². The van der Waals surface area contributed by atoms with E-state index in [1.807, 2.05) is 0 Å². The van der Waals surface area contributed by atoms with Crippen molar-refractivity contribution in [3.8, 4) is 0 Å². The summed E-state index contributed by atoms with van der Waals surface area (Å²) in [6, 6.07) is 0. The molecular formula is C14H25BN4O8. The van der Waals surface area contributed by atoms with Crippen LogP contribution in [0.5, 0.6) is 0 Å². The van der Waals surface area contributed by atoms with Crippen molar-refractivity contribution in [3.63, 3.8) is 0 Å². The number of rotatable bonds is 17. The van der Waals surface area contributed by atoms with Crippen LogP contribution in [0.25, 0.3) is 0 Å². The van der Waals surface area contributed by atoms with Crippen molar-refractivity contribution in [3.05, 3.63) is 0 Å². The number of nitrogens with one attached hydrogen (secondary N) is 1. The molecule has 0 aliphatic rings. The summed E-state index contributed by atoms with van der Waals surface area (Å²) in [6.45, 7) is -0.266. The molecule has 13 heteroatoms. The highest BCUT2D eigenvalue weighted by Crippen LogP contribution is 1.97. The molecular weight excluding hydrogens is 363 g/mol. The molecule has 0 saturated carbocycles. The van der Waals surface area contributed by atoms with Gasteiger partial charge in [0.05, 0.1) is 26.2 Å². The lowest BCUT2D eigenvalue weighted by atomic mass is 10.3. The van der Waals surface area contributed by atoms with Crippen molar-refractivity contribution in [1.82, 2.24) is 19.9 Å². The summed E-state index contributed by atoms with van der Waals surface area (Å²) in [4.78, 5) is 47.8. The quantitative estimate of drug-likeness (QED) is 0.159. The van der Waals surface area contributed by atoms with E-state index >= 15 is 0 Å². The van der Waals surface area contributed by atoms with Crippen molar-refractivity contribution in [2.75, 3.05) is 65.4 Å². The van der Waals surface area contributed by atoms with Crippen LogP contribution in [0.4, 0.5) is 0 Å². The standard InChI is InChI=1S/C14H25BN4O8/c15-16-1-2-17(7-11(20)21)3-4-18(8-12(22)23)5-6-19(9-13(24)25)10-14(26)27/h16H,1-10H2,(H,20,21)(H,22,23)(H,24,25)(H,26,27). The molecule has 0 amide bonds. The first kappa shape index (κ1) is 24.8. The Morgan fingerprint density at radius 3 is 1.22 bits per heavy atom. The van der Waals surface area contributed by atoms with E-state index in [2.05, 4.69) is 5.23 Å². The highest BCUT2D eigenvalue weighted by molar-refractivity contribution is 6.04. The number of hydrogen-bond acceptors (Lipinski definition) is 8. The van der Waals surface area contributed by atoms with E-state index in [9.17, 15) is 19.2 Å². The molecule has 27 heavy (non-hydrogen) atoms. The van der Waals surface area contributed by atoms with Gasteiger partial charge in [-0.15, -0.1) is 0 Å². The fraction of sp³-hybridized carbons (Fsp3) is 0.714. The summed E-state index contributed by atoms with van der Waals surface area (Å²) in [7, 11) is 5.18. The van der Waals surface area contributed by atoms with E-state index in [1.54, 1.807) is 4.90 Å². The smallest absolute Gasteiger partial charge is 0.317 e. The van der Waals surface area contributed by atoms with Crippen LogP contribution in [0.1, 0.15) is 0 Å². The summed E-state index contributed by atoms with van der Waals surface area (Å²) in [5.41, 5.74) is 0. The number of carboxylic acid groups (broad SMARTS) is 4. The van der Waals surface area contributed by atoms with Gasteiger partial charge in [-0.2, -0.15) is 0 Å². The van der Waals surface area contributed by atoms with Gasteiger partial charge in [0.2, 0.25) is 0 Å². The number of hydrogen-bond donors (Lipinski definition) is 5. The molecule has 0 spiro atoms. The minimum atomic E-state index is -1.19. The third kappa shape index (κ3) is 14.6. The van der Waals surface area contributed by atoms with Crippen LogP contribution in [-0.4, -0.2) is 132 Å². The highest BCUT2D eigenvalue weighted by Gasteiger charge is 2.18. The lowest BCUT2D eigenvalue weighted by Gasteiger charge is -2.27. The van der Waals surface area contributed by atoms with Gasteiger partial charge in [-0.1, -0.05) is 0 Å². The van der Waals surface area contributed by atoms with Crippen LogP contribution in [-0.2, 0) is 19.2 Å². The molecule has 0 unspecified atom stereocenters. The molecule has 0 rings (SSSR count). The molecule has 5 N–H and O–H groups in total. The number of nitrogens with zero attached hydrogens (tertiary/aromatic N) is 3. The van der Waals surface area contributed by atoms with Gasteiger partial charge in [0.1, 0.15) is 0 Å². The second kappa shape index (κ2) is 13.9. The van der Waals surface area contributed by atoms with Crippen molar-refractivity contribution in [2.45, 2.75) is 0 Å². The van der Waals surface area contributed by atoms with E-state index in [0.717, 1.165) is 0 Å². The van der Waals surface area contributed by atoms with Crippen LogP contribution in [0, 0.1) is 0 Å². The molecule has 0 saturated heterocycles. The Morgan fingerprint density at radius 1 is 0.593 bits per heavy atom. The van der Waals surface area contributed by atoms with Gasteiger partial charge in [-0.3, -0.25) is 33.9 Å². The molecule has 0 heterocycles. The topological polar surface area (TPSA) is 171 Å². The van der Waals surface area contributed by atoms with E-state index in [-0.39, 0.29) is 39.3 Å². The number of carboxylic acids is 4. The fourth-order valence-electron chi connectivity index (χ4n) is 2.31. The van der Waals surface area contributed by atoms with Crippen LogP contribution < -0.4 is 5.23 Å². The van der Waals surface area contributed by atoms with Crippen LogP contribution >= 0.6 is 0 Å². The Balaban J connectivity index is 4.77. The first-order chi connectivity index (χ1) is 12.6. The largest absolute Gasteiger partial charge is 0.480 e. The Labute approximate surface area is 157 Å². The average molecular weight is 388 g/mol. The molecule has 0 aromatic carbocycles. The maximum absolute atomic E-state index is 11.0. The zero-order valence-electron chi connectivity index (χ0n) is 14.9. The molecule has 2 radical (unpaired) electrons.